The van der Waals surface area contributed by atoms with E-state index >= 15 is 0 Å². The van der Waals surface area contributed by atoms with Gasteiger partial charge in [-0.3, -0.25) is 4.79 Å². The highest BCUT2D eigenvalue weighted by Crippen LogP contribution is 2.34. The summed E-state index contributed by atoms with van der Waals surface area (Å²) in [6.45, 7) is 3.39. The molecule has 0 fully saturated rings. The van der Waals surface area contributed by atoms with E-state index in [1.807, 2.05) is 6.07 Å². The van der Waals surface area contributed by atoms with Crippen molar-refractivity contribution in [3.8, 4) is 0 Å². The zero-order valence-electron chi connectivity index (χ0n) is 12.3. The standard InChI is InChI=1S/C19H18FNO/c1-2-19(22)21-16-9-10-17(18(20)12-16)15-8-7-13-5-3-4-6-14(13)11-15/h2-6,9-10,12,15H,1,7-8,11H2,(H,21,22). The molecule has 2 aromatic rings. The summed E-state index contributed by atoms with van der Waals surface area (Å²) in [5.74, 6) is -0.399. The number of nitrogens with one attached hydrogen (secondary N) is 1. The molecule has 0 aromatic heterocycles. The molecule has 1 unspecified atom stereocenters. The molecule has 2 aromatic carbocycles. The molecule has 1 aliphatic carbocycles. The van der Waals surface area contributed by atoms with Crippen LogP contribution in [-0.4, -0.2) is 5.91 Å². The largest absolute Gasteiger partial charge is 0.322 e. The number of rotatable bonds is 3. The number of anilines is 1. The van der Waals surface area contributed by atoms with Gasteiger partial charge in [0.15, 0.2) is 0 Å². The van der Waals surface area contributed by atoms with Gasteiger partial charge < -0.3 is 5.32 Å². The highest BCUT2D eigenvalue weighted by atomic mass is 19.1. The van der Waals surface area contributed by atoms with Gasteiger partial charge in [-0.1, -0.05) is 36.9 Å². The molecule has 0 spiro atoms. The van der Waals surface area contributed by atoms with Crippen molar-refractivity contribution in [2.75, 3.05) is 5.32 Å². The Bertz CT molecular complexity index is 723. The smallest absolute Gasteiger partial charge is 0.247 e. The second-order valence-electron chi connectivity index (χ2n) is 5.64. The lowest BCUT2D eigenvalue weighted by Crippen LogP contribution is -2.14. The van der Waals surface area contributed by atoms with Crippen LogP contribution >= 0.6 is 0 Å². The van der Waals surface area contributed by atoms with Crippen LogP contribution < -0.4 is 5.32 Å². The SMILES string of the molecule is C=CC(=O)Nc1ccc(C2CCc3ccccc3C2)c(F)c1. The maximum atomic E-state index is 14.4. The van der Waals surface area contributed by atoms with Crippen molar-refractivity contribution in [1.29, 1.82) is 0 Å². The van der Waals surface area contributed by atoms with Crippen molar-refractivity contribution in [3.63, 3.8) is 0 Å². The molecule has 0 bridgehead atoms. The van der Waals surface area contributed by atoms with Gasteiger partial charge >= 0.3 is 0 Å². The predicted molar refractivity (Wildman–Crippen MR) is 86.4 cm³/mol. The fraction of sp³-hybridized carbons (Fsp3) is 0.211. The Morgan fingerprint density at radius 1 is 1.23 bits per heavy atom. The molecule has 0 aliphatic heterocycles. The molecule has 0 saturated heterocycles. The lowest BCUT2D eigenvalue weighted by molar-refractivity contribution is -0.111. The second-order valence-corrected chi connectivity index (χ2v) is 5.64. The third kappa shape index (κ3) is 2.93. The molecule has 22 heavy (non-hydrogen) atoms. The Morgan fingerprint density at radius 3 is 2.73 bits per heavy atom. The van der Waals surface area contributed by atoms with Gasteiger partial charge in [-0.15, -0.1) is 0 Å². The van der Waals surface area contributed by atoms with E-state index in [0.29, 0.717) is 5.69 Å². The van der Waals surface area contributed by atoms with Gasteiger partial charge in [0.25, 0.3) is 0 Å². The third-order valence-corrected chi connectivity index (χ3v) is 4.24. The molecule has 0 heterocycles. The van der Waals surface area contributed by atoms with E-state index in [4.69, 9.17) is 0 Å². The zero-order valence-corrected chi connectivity index (χ0v) is 12.3. The van der Waals surface area contributed by atoms with Crippen molar-refractivity contribution in [3.05, 3.63) is 77.6 Å². The first-order chi connectivity index (χ1) is 10.7. The Morgan fingerprint density at radius 2 is 2.00 bits per heavy atom. The van der Waals surface area contributed by atoms with Crippen LogP contribution in [0.4, 0.5) is 10.1 Å². The number of amides is 1. The Balaban J connectivity index is 1.81. The minimum atomic E-state index is -0.334. The molecular formula is C19H18FNO. The first-order valence-electron chi connectivity index (χ1n) is 7.47. The van der Waals surface area contributed by atoms with Crippen LogP contribution in [0.2, 0.25) is 0 Å². The van der Waals surface area contributed by atoms with Crippen molar-refractivity contribution < 1.29 is 9.18 Å². The number of hydrogen-bond donors (Lipinski definition) is 1. The Labute approximate surface area is 129 Å². The average molecular weight is 295 g/mol. The summed E-state index contributed by atoms with van der Waals surface area (Å²) in [5.41, 5.74) is 3.87. The first-order valence-corrected chi connectivity index (χ1v) is 7.47. The monoisotopic (exact) mass is 295 g/mol. The van der Waals surface area contributed by atoms with E-state index in [1.54, 1.807) is 12.1 Å². The van der Waals surface area contributed by atoms with Gasteiger partial charge in [-0.25, -0.2) is 4.39 Å². The highest BCUT2D eigenvalue weighted by Gasteiger charge is 2.22. The quantitative estimate of drug-likeness (QED) is 0.844. The molecule has 1 aliphatic rings. The minimum Gasteiger partial charge on any atom is -0.322 e. The number of carbonyl (C=O) groups is 1. The number of halogens is 1. The summed E-state index contributed by atoms with van der Waals surface area (Å²) in [7, 11) is 0. The first kappa shape index (κ1) is 14.5. The van der Waals surface area contributed by atoms with E-state index in [-0.39, 0.29) is 17.6 Å². The molecule has 1 amide bonds. The maximum absolute atomic E-state index is 14.4. The van der Waals surface area contributed by atoms with Gasteiger partial charge in [-0.05, 0) is 60.1 Å². The van der Waals surface area contributed by atoms with Crippen LogP contribution in [0.1, 0.15) is 29.0 Å². The lowest BCUT2D eigenvalue weighted by atomic mass is 9.80. The van der Waals surface area contributed by atoms with Crippen LogP contribution in [-0.2, 0) is 17.6 Å². The topological polar surface area (TPSA) is 29.1 Å². The third-order valence-electron chi connectivity index (χ3n) is 4.24. The van der Waals surface area contributed by atoms with Crippen molar-refractivity contribution in [2.45, 2.75) is 25.2 Å². The second kappa shape index (κ2) is 6.14. The lowest BCUT2D eigenvalue weighted by Gasteiger charge is -2.25. The zero-order chi connectivity index (χ0) is 15.5. The maximum Gasteiger partial charge on any atom is 0.247 e. The molecule has 0 radical (unpaired) electrons. The number of hydrogen-bond acceptors (Lipinski definition) is 1. The Hall–Kier alpha value is -2.42. The number of fused-ring (bicyclic) bond motifs is 1. The van der Waals surface area contributed by atoms with Crippen molar-refractivity contribution in [2.24, 2.45) is 0 Å². The minimum absolute atomic E-state index is 0.194. The molecule has 112 valence electrons. The molecule has 1 atom stereocenters. The average Bonchev–Trinajstić information content (AvgIpc) is 2.54. The van der Waals surface area contributed by atoms with Crippen LogP contribution in [0.25, 0.3) is 0 Å². The molecule has 3 rings (SSSR count). The number of carbonyl (C=O) groups excluding carboxylic acids is 1. The Kier molecular flexibility index (Phi) is 4.05. The van der Waals surface area contributed by atoms with E-state index in [9.17, 15) is 9.18 Å². The van der Waals surface area contributed by atoms with Crippen LogP contribution in [0, 0.1) is 5.82 Å². The fourth-order valence-electron chi connectivity index (χ4n) is 3.09. The highest BCUT2D eigenvalue weighted by molar-refractivity contribution is 5.98. The van der Waals surface area contributed by atoms with Gasteiger partial charge in [0, 0.05) is 5.69 Å². The van der Waals surface area contributed by atoms with Crippen molar-refractivity contribution in [1.82, 2.24) is 0 Å². The van der Waals surface area contributed by atoms with Crippen LogP contribution in [0.3, 0.4) is 0 Å². The van der Waals surface area contributed by atoms with Gasteiger partial charge in [0.2, 0.25) is 5.91 Å². The summed E-state index contributed by atoms with van der Waals surface area (Å²) >= 11 is 0. The molecule has 0 saturated carbocycles. The van der Waals surface area contributed by atoms with Gasteiger partial charge in [-0.2, -0.15) is 0 Å². The molecular weight excluding hydrogens is 277 g/mol. The normalized spacial score (nSPS) is 16.7. The summed E-state index contributed by atoms with van der Waals surface area (Å²) in [4.78, 5) is 11.3. The van der Waals surface area contributed by atoms with E-state index in [1.165, 1.54) is 23.3 Å². The summed E-state index contributed by atoms with van der Waals surface area (Å²) in [6, 6.07) is 13.3. The van der Waals surface area contributed by atoms with E-state index in [0.717, 1.165) is 24.8 Å². The van der Waals surface area contributed by atoms with E-state index in [2.05, 4.69) is 30.1 Å². The molecule has 2 nitrogen and oxygen atoms in total. The summed E-state index contributed by atoms with van der Waals surface area (Å²) in [5, 5.41) is 2.58. The molecule has 3 heteroatoms. The fourth-order valence-corrected chi connectivity index (χ4v) is 3.09. The molecule has 1 N–H and O–H groups in total. The van der Waals surface area contributed by atoms with E-state index < -0.39 is 0 Å². The summed E-state index contributed by atoms with van der Waals surface area (Å²) < 4.78 is 14.4. The van der Waals surface area contributed by atoms with Crippen LogP contribution in [0.15, 0.2) is 55.1 Å². The van der Waals surface area contributed by atoms with Gasteiger partial charge in [0.05, 0.1) is 0 Å². The predicted octanol–water partition coefficient (Wildman–Crippen LogP) is 4.22. The van der Waals surface area contributed by atoms with Crippen molar-refractivity contribution >= 4 is 11.6 Å². The van der Waals surface area contributed by atoms with Crippen LogP contribution in [0.5, 0.6) is 0 Å². The number of aryl methyl sites for hydroxylation is 1. The van der Waals surface area contributed by atoms with Gasteiger partial charge in [0.1, 0.15) is 5.82 Å². The summed E-state index contributed by atoms with van der Waals surface area (Å²) in [6.07, 6.45) is 3.97. The number of benzene rings is 2.